The second-order valence-corrected chi connectivity index (χ2v) is 7.82. The first kappa shape index (κ1) is 17.5. The summed E-state index contributed by atoms with van der Waals surface area (Å²) in [6, 6.07) is 8.52. The Kier molecular flexibility index (Phi) is 4.07. The van der Waals surface area contributed by atoms with Gasteiger partial charge in [0, 0.05) is 28.3 Å². The Hall–Kier alpha value is -2.57. The molecule has 2 aromatic heterocycles. The van der Waals surface area contributed by atoms with Gasteiger partial charge in [-0.25, -0.2) is 4.68 Å². The average Bonchev–Trinajstić information content (AvgIpc) is 3.26. The average molecular weight is 415 g/mol. The number of hydrogen-bond acceptors (Lipinski definition) is 5. The summed E-state index contributed by atoms with van der Waals surface area (Å²) in [7, 11) is 0. The van der Waals surface area contributed by atoms with Crippen LogP contribution in [0.15, 0.2) is 46.0 Å². The molecule has 0 amide bonds. The number of hydrogen-bond donors (Lipinski definition) is 1. The van der Waals surface area contributed by atoms with Crippen molar-refractivity contribution < 1.29 is 9.21 Å². The summed E-state index contributed by atoms with van der Waals surface area (Å²) in [5, 5.41) is 8.98. The third kappa shape index (κ3) is 2.75. The molecule has 1 atom stereocenters. The van der Waals surface area contributed by atoms with E-state index in [0.29, 0.717) is 45.1 Å². The summed E-state index contributed by atoms with van der Waals surface area (Å²) in [4.78, 5) is 17.4. The Morgan fingerprint density at radius 1 is 1.21 bits per heavy atom. The van der Waals surface area contributed by atoms with E-state index in [2.05, 4.69) is 15.4 Å². The predicted octanol–water partition coefficient (Wildman–Crippen LogP) is 5.18. The Morgan fingerprint density at radius 3 is 2.82 bits per heavy atom. The topological polar surface area (TPSA) is 73.0 Å². The third-order valence-corrected chi connectivity index (χ3v) is 5.62. The van der Waals surface area contributed by atoms with Gasteiger partial charge < -0.3 is 9.73 Å². The van der Waals surface area contributed by atoms with E-state index in [9.17, 15) is 4.79 Å². The lowest BCUT2D eigenvalue weighted by Gasteiger charge is -2.30. The molecule has 1 unspecified atom stereocenters. The molecule has 2 aliphatic rings. The summed E-state index contributed by atoms with van der Waals surface area (Å²) in [5.74, 6) is 2.58. The number of rotatable bonds is 2. The van der Waals surface area contributed by atoms with Crippen molar-refractivity contribution in [2.75, 3.05) is 5.32 Å². The highest BCUT2D eigenvalue weighted by Gasteiger charge is 2.38. The zero-order chi connectivity index (χ0) is 19.4. The quantitative estimate of drug-likeness (QED) is 0.625. The zero-order valence-corrected chi connectivity index (χ0v) is 16.5. The van der Waals surface area contributed by atoms with Crippen LogP contribution in [-0.4, -0.2) is 20.5 Å². The Morgan fingerprint density at radius 2 is 2.07 bits per heavy atom. The van der Waals surface area contributed by atoms with Gasteiger partial charge in [0.05, 0.1) is 5.02 Å². The van der Waals surface area contributed by atoms with E-state index in [1.807, 2.05) is 19.1 Å². The lowest BCUT2D eigenvalue weighted by Crippen LogP contribution is -2.31. The summed E-state index contributed by atoms with van der Waals surface area (Å²) in [6.07, 6.45) is 2.14. The van der Waals surface area contributed by atoms with Crippen molar-refractivity contribution in [2.24, 2.45) is 0 Å². The first-order chi connectivity index (χ1) is 13.5. The van der Waals surface area contributed by atoms with Crippen molar-refractivity contribution in [1.82, 2.24) is 14.8 Å². The fourth-order valence-electron chi connectivity index (χ4n) is 3.80. The largest absolute Gasteiger partial charge is 0.464 e. The third-order valence-electron chi connectivity index (χ3n) is 5.07. The number of carbonyl (C=O) groups excluding carboxylic acids is 1. The fourth-order valence-corrected chi connectivity index (χ4v) is 4.30. The number of ketones is 1. The van der Waals surface area contributed by atoms with Crippen molar-refractivity contribution in [3.63, 3.8) is 0 Å². The minimum absolute atomic E-state index is 0.111. The Labute approximate surface area is 171 Å². The van der Waals surface area contributed by atoms with E-state index in [4.69, 9.17) is 27.6 Å². The highest BCUT2D eigenvalue weighted by molar-refractivity contribution is 6.36. The molecule has 0 saturated carbocycles. The van der Waals surface area contributed by atoms with Gasteiger partial charge in [-0.05, 0) is 50.1 Å². The van der Waals surface area contributed by atoms with E-state index < -0.39 is 6.04 Å². The molecule has 1 aliphatic carbocycles. The molecule has 8 heteroatoms. The molecular weight excluding hydrogens is 399 g/mol. The van der Waals surface area contributed by atoms with Gasteiger partial charge in [-0.2, -0.15) is 4.98 Å². The number of anilines is 1. The van der Waals surface area contributed by atoms with Crippen LogP contribution in [0.1, 0.15) is 36.8 Å². The molecular formula is C20H16Cl2N4O2. The lowest BCUT2D eigenvalue weighted by atomic mass is 9.88. The molecule has 5 rings (SSSR count). The van der Waals surface area contributed by atoms with Gasteiger partial charge in [0.15, 0.2) is 11.6 Å². The van der Waals surface area contributed by atoms with Crippen molar-refractivity contribution in [3.05, 3.63) is 63.2 Å². The number of benzene rings is 1. The van der Waals surface area contributed by atoms with Gasteiger partial charge in [-0.1, -0.05) is 23.2 Å². The van der Waals surface area contributed by atoms with Gasteiger partial charge in [0.1, 0.15) is 17.6 Å². The van der Waals surface area contributed by atoms with Crippen molar-refractivity contribution >= 4 is 34.9 Å². The standard InChI is InChI=1S/C20H16Cl2N4O2/c1-10-5-8-16(28-10)18-17-14(3-2-4-15(17)27)23-20-24-19(25-26(18)20)12-7-6-11(21)9-13(12)22/h5-9,18H,2-4H2,1H3,(H,23,24,25). The van der Waals surface area contributed by atoms with Crippen LogP contribution in [0, 0.1) is 6.92 Å². The number of nitrogens with zero attached hydrogens (tertiary/aromatic N) is 3. The van der Waals surface area contributed by atoms with Crippen LogP contribution < -0.4 is 5.32 Å². The first-order valence-electron chi connectivity index (χ1n) is 9.03. The normalized spacial score (nSPS) is 18.7. The number of fused-ring (bicyclic) bond motifs is 1. The molecule has 1 aliphatic heterocycles. The van der Waals surface area contributed by atoms with Crippen LogP contribution in [0.3, 0.4) is 0 Å². The number of furan rings is 1. The van der Waals surface area contributed by atoms with Crippen molar-refractivity contribution in [1.29, 1.82) is 0 Å². The minimum Gasteiger partial charge on any atom is -0.464 e. The summed E-state index contributed by atoms with van der Waals surface area (Å²) >= 11 is 12.4. The highest BCUT2D eigenvalue weighted by Crippen LogP contribution is 2.41. The molecule has 0 bridgehead atoms. The zero-order valence-electron chi connectivity index (χ0n) is 15.0. The SMILES string of the molecule is Cc1ccc(C2C3=C(CCCC3=O)Nc3nc(-c4ccc(Cl)cc4Cl)nn32)o1. The second kappa shape index (κ2) is 6.50. The Balaban J connectivity index is 1.68. The van der Waals surface area contributed by atoms with Crippen LogP contribution in [-0.2, 0) is 4.79 Å². The second-order valence-electron chi connectivity index (χ2n) is 6.97. The van der Waals surface area contributed by atoms with E-state index in [-0.39, 0.29) is 5.78 Å². The van der Waals surface area contributed by atoms with Gasteiger partial charge in [-0.3, -0.25) is 4.79 Å². The number of carbonyl (C=O) groups is 1. The molecule has 6 nitrogen and oxygen atoms in total. The smallest absolute Gasteiger partial charge is 0.227 e. The molecule has 1 N–H and O–H groups in total. The number of allylic oxidation sites excluding steroid dienone is 2. The van der Waals surface area contributed by atoms with Crippen molar-refractivity contribution in [2.45, 2.75) is 32.2 Å². The predicted molar refractivity (Wildman–Crippen MR) is 107 cm³/mol. The summed E-state index contributed by atoms with van der Waals surface area (Å²) < 4.78 is 7.59. The first-order valence-corrected chi connectivity index (χ1v) is 9.78. The van der Waals surface area contributed by atoms with Crippen LogP contribution in [0.25, 0.3) is 11.4 Å². The number of aromatic nitrogens is 3. The molecule has 3 heterocycles. The van der Waals surface area contributed by atoms with Crippen LogP contribution in [0.5, 0.6) is 0 Å². The van der Waals surface area contributed by atoms with Crippen LogP contribution >= 0.6 is 23.2 Å². The van der Waals surface area contributed by atoms with E-state index in [1.54, 1.807) is 22.9 Å². The molecule has 0 fully saturated rings. The molecule has 3 aromatic rings. The van der Waals surface area contributed by atoms with Gasteiger partial charge >= 0.3 is 0 Å². The maximum Gasteiger partial charge on any atom is 0.227 e. The summed E-state index contributed by atoms with van der Waals surface area (Å²) in [6.45, 7) is 1.88. The molecule has 0 saturated heterocycles. The molecule has 1 aromatic carbocycles. The molecule has 142 valence electrons. The maximum absolute atomic E-state index is 12.8. The van der Waals surface area contributed by atoms with Crippen molar-refractivity contribution in [3.8, 4) is 11.4 Å². The Bertz CT molecular complexity index is 1150. The molecule has 28 heavy (non-hydrogen) atoms. The van der Waals surface area contributed by atoms with Crippen LogP contribution in [0.2, 0.25) is 10.0 Å². The number of Topliss-reactive ketones (excluding diaryl/α,β-unsaturated/α-hetero) is 1. The van der Waals surface area contributed by atoms with Gasteiger partial charge in [0.25, 0.3) is 0 Å². The monoisotopic (exact) mass is 414 g/mol. The molecule has 0 radical (unpaired) electrons. The lowest BCUT2D eigenvalue weighted by molar-refractivity contribution is -0.116. The van der Waals surface area contributed by atoms with E-state index in [0.717, 1.165) is 24.3 Å². The van der Waals surface area contributed by atoms with E-state index in [1.165, 1.54) is 0 Å². The van der Waals surface area contributed by atoms with Crippen LogP contribution in [0.4, 0.5) is 5.95 Å². The van der Waals surface area contributed by atoms with Gasteiger partial charge in [-0.15, -0.1) is 5.10 Å². The molecule has 0 spiro atoms. The fraction of sp³-hybridized carbons (Fsp3) is 0.250. The number of aryl methyl sites for hydroxylation is 1. The van der Waals surface area contributed by atoms with E-state index >= 15 is 0 Å². The number of halogens is 2. The maximum atomic E-state index is 12.8. The number of nitrogens with one attached hydrogen (secondary N) is 1. The minimum atomic E-state index is -0.444. The summed E-state index contributed by atoms with van der Waals surface area (Å²) in [5.41, 5.74) is 2.27. The van der Waals surface area contributed by atoms with Gasteiger partial charge in [0.2, 0.25) is 5.95 Å². The highest BCUT2D eigenvalue weighted by atomic mass is 35.5.